The van der Waals surface area contributed by atoms with Crippen LogP contribution in [0, 0.1) is 5.92 Å². The number of nitrogens with one attached hydrogen (secondary N) is 1. The van der Waals surface area contributed by atoms with Crippen LogP contribution in [0.3, 0.4) is 0 Å². The van der Waals surface area contributed by atoms with E-state index in [1.165, 1.54) is 21.0 Å². The summed E-state index contributed by atoms with van der Waals surface area (Å²) in [6, 6.07) is -0.626. The molecule has 0 unspecified atom stereocenters. The third kappa shape index (κ3) is 14.7. The van der Waals surface area contributed by atoms with Crippen LogP contribution < -0.4 is 5.32 Å². The molecule has 0 aromatic rings. The fourth-order valence-electron chi connectivity index (χ4n) is 3.66. The summed E-state index contributed by atoms with van der Waals surface area (Å²) in [5.41, 5.74) is 0. The van der Waals surface area contributed by atoms with Crippen LogP contribution in [0.1, 0.15) is 105 Å². The lowest BCUT2D eigenvalue weighted by Crippen LogP contribution is -2.52. The van der Waals surface area contributed by atoms with Gasteiger partial charge in [0.05, 0.1) is 13.2 Å². The van der Waals surface area contributed by atoms with Crippen molar-refractivity contribution < 1.29 is 28.7 Å². The Kier molecular flexibility index (Phi) is 16.6. The van der Waals surface area contributed by atoms with Gasteiger partial charge in [0, 0.05) is 26.7 Å². The van der Waals surface area contributed by atoms with Gasteiger partial charge in [-0.05, 0) is 25.2 Å². The lowest BCUT2D eigenvalue weighted by Gasteiger charge is -2.30. The minimum atomic E-state index is -1.15. The molecule has 1 amide bonds. The van der Waals surface area contributed by atoms with Crippen molar-refractivity contribution in [1.82, 2.24) is 5.32 Å². The monoisotopic (exact) mass is 441 g/mol. The maximum atomic E-state index is 12.1. The van der Waals surface area contributed by atoms with Crippen LogP contribution in [0.5, 0.6) is 0 Å². The van der Waals surface area contributed by atoms with Crippen molar-refractivity contribution in [2.75, 3.05) is 7.11 Å². The zero-order chi connectivity index (χ0) is 23.6. The van der Waals surface area contributed by atoms with E-state index in [4.69, 9.17) is 9.47 Å². The molecule has 0 spiro atoms. The Morgan fingerprint density at radius 3 is 1.90 bits per heavy atom. The number of ketones is 1. The Morgan fingerprint density at radius 2 is 1.39 bits per heavy atom. The molecular weight excluding hydrogens is 398 g/mol. The quantitative estimate of drug-likeness (QED) is 0.248. The summed E-state index contributed by atoms with van der Waals surface area (Å²) in [7, 11) is 1.23. The standard InChI is InChI=1S/C24H43NO6/c1-6-7-16-21(28)17-14-12-10-8-9-11-13-15-18(2)22(25-19(3)26)23(24(29)30-5)31-20(4)27/h18,22-23H,6-17H2,1-5H3,(H,25,26)/t18-,22+,23+/m0/s1. The van der Waals surface area contributed by atoms with Crippen molar-refractivity contribution in [1.29, 1.82) is 0 Å². The third-order valence-electron chi connectivity index (χ3n) is 5.46. The number of unbranched alkanes of at least 4 members (excludes halogenated alkanes) is 7. The number of Topliss-reactive ketones (excluding diaryl/α,β-unsaturated/α-hetero) is 1. The van der Waals surface area contributed by atoms with E-state index >= 15 is 0 Å². The minimum Gasteiger partial charge on any atom is -0.466 e. The second-order valence-corrected chi connectivity index (χ2v) is 8.41. The molecule has 0 fully saturated rings. The van der Waals surface area contributed by atoms with Gasteiger partial charge >= 0.3 is 11.9 Å². The smallest absolute Gasteiger partial charge is 0.349 e. The van der Waals surface area contributed by atoms with Gasteiger partial charge in [-0.15, -0.1) is 0 Å². The minimum absolute atomic E-state index is 0.0542. The first-order valence-corrected chi connectivity index (χ1v) is 11.8. The fraction of sp³-hybridized carbons (Fsp3) is 0.833. The topological polar surface area (TPSA) is 98.8 Å². The number of rotatable bonds is 18. The Bertz CT molecular complexity index is 548. The van der Waals surface area contributed by atoms with Gasteiger partial charge in [0.2, 0.25) is 12.0 Å². The summed E-state index contributed by atoms with van der Waals surface area (Å²) in [6.45, 7) is 6.65. The predicted molar refractivity (Wildman–Crippen MR) is 120 cm³/mol. The van der Waals surface area contributed by atoms with Gasteiger partial charge in [-0.2, -0.15) is 0 Å². The van der Waals surface area contributed by atoms with Crippen LogP contribution >= 0.6 is 0 Å². The third-order valence-corrected chi connectivity index (χ3v) is 5.46. The van der Waals surface area contributed by atoms with E-state index in [0.29, 0.717) is 12.2 Å². The zero-order valence-electron chi connectivity index (χ0n) is 20.2. The Morgan fingerprint density at radius 1 is 0.839 bits per heavy atom. The second-order valence-electron chi connectivity index (χ2n) is 8.41. The van der Waals surface area contributed by atoms with Crippen molar-refractivity contribution in [2.24, 2.45) is 5.92 Å². The molecule has 0 heterocycles. The predicted octanol–water partition coefficient (Wildman–Crippen LogP) is 4.50. The van der Waals surface area contributed by atoms with Gasteiger partial charge in [-0.3, -0.25) is 14.4 Å². The number of carbonyl (C=O) groups is 4. The second kappa shape index (κ2) is 17.7. The highest BCUT2D eigenvalue weighted by atomic mass is 16.6. The molecule has 1 N–H and O–H groups in total. The molecule has 0 aliphatic carbocycles. The van der Waals surface area contributed by atoms with E-state index in [9.17, 15) is 19.2 Å². The molecule has 0 rings (SSSR count). The number of hydrogen-bond acceptors (Lipinski definition) is 6. The van der Waals surface area contributed by atoms with E-state index in [1.807, 2.05) is 6.92 Å². The van der Waals surface area contributed by atoms with Crippen molar-refractivity contribution in [2.45, 2.75) is 117 Å². The van der Waals surface area contributed by atoms with E-state index in [1.54, 1.807) is 0 Å². The summed E-state index contributed by atoms with van der Waals surface area (Å²) < 4.78 is 9.92. The van der Waals surface area contributed by atoms with E-state index in [2.05, 4.69) is 12.2 Å². The first-order valence-electron chi connectivity index (χ1n) is 11.8. The first-order chi connectivity index (χ1) is 14.7. The summed E-state index contributed by atoms with van der Waals surface area (Å²) in [6.07, 6.45) is 10.7. The normalized spacial score (nSPS) is 13.7. The van der Waals surface area contributed by atoms with E-state index in [0.717, 1.165) is 70.6 Å². The highest BCUT2D eigenvalue weighted by molar-refractivity contribution is 5.81. The molecule has 0 radical (unpaired) electrons. The number of carbonyl (C=O) groups excluding carboxylic acids is 4. The molecule has 31 heavy (non-hydrogen) atoms. The zero-order valence-corrected chi connectivity index (χ0v) is 20.2. The molecule has 0 aliphatic rings. The van der Waals surface area contributed by atoms with Crippen molar-refractivity contribution >= 4 is 23.6 Å². The number of methoxy groups -OCH3 is 1. The molecule has 0 saturated heterocycles. The highest BCUT2D eigenvalue weighted by Gasteiger charge is 2.36. The van der Waals surface area contributed by atoms with Gasteiger partial charge in [0.15, 0.2) is 0 Å². The van der Waals surface area contributed by atoms with Gasteiger partial charge in [0.1, 0.15) is 5.78 Å². The number of esters is 2. The summed E-state index contributed by atoms with van der Waals surface area (Å²) in [4.78, 5) is 46.8. The SMILES string of the molecule is CCCCC(=O)CCCCCCCCC[C@H](C)[C@@H](NC(C)=O)[C@@H](OC(C)=O)C(=O)OC. The molecular formula is C24H43NO6. The Labute approximate surface area is 188 Å². The van der Waals surface area contributed by atoms with E-state index in [-0.39, 0.29) is 11.8 Å². The average molecular weight is 442 g/mol. The van der Waals surface area contributed by atoms with Crippen molar-refractivity contribution in [3.8, 4) is 0 Å². The van der Waals surface area contributed by atoms with Gasteiger partial charge in [-0.25, -0.2) is 4.79 Å². The van der Waals surface area contributed by atoms with Gasteiger partial charge < -0.3 is 14.8 Å². The maximum Gasteiger partial charge on any atom is 0.349 e. The molecule has 0 bridgehead atoms. The summed E-state index contributed by atoms with van der Waals surface area (Å²) in [5.74, 6) is -1.21. The van der Waals surface area contributed by atoms with Crippen LogP contribution in [0.4, 0.5) is 0 Å². The Balaban J connectivity index is 4.26. The van der Waals surface area contributed by atoms with Crippen LogP contribution in [0.2, 0.25) is 0 Å². The van der Waals surface area contributed by atoms with Crippen molar-refractivity contribution in [3.63, 3.8) is 0 Å². The van der Waals surface area contributed by atoms with Crippen LogP contribution in [0.15, 0.2) is 0 Å². The van der Waals surface area contributed by atoms with Crippen LogP contribution in [-0.2, 0) is 28.7 Å². The first kappa shape index (κ1) is 29.1. The van der Waals surface area contributed by atoms with Crippen molar-refractivity contribution in [3.05, 3.63) is 0 Å². The average Bonchev–Trinajstić information content (AvgIpc) is 2.72. The summed E-state index contributed by atoms with van der Waals surface area (Å²) >= 11 is 0. The number of hydrogen-bond donors (Lipinski definition) is 1. The van der Waals surface area contributed by atoms with Gasteiger partial charge in [0.25, 0.3) is 0 Å². The maximum absolute atomic E-state index is 12.1. The Hall–Kier alpha value is -1.92. The molecule has 0 aromatic heterocycles. The molecule has 0 aliphatic heterocycles. The largest absolute Gasteiger partial charge is 0.466 e. The molecule has 3 atom stereocenters. The molecule has 0 saturated carbocycles. The number of ether oxygens (including phenoxy) is 2. The molecule has 0 aromatic carbocycles. The molecule has 180 valence electrons. The molecule has 7 heteroatoms. The molecule has 7 nitrogen and oxygen atoms in total. The van der Waals surface area contributed by atoms with E-state index < -0.39 is 24.1 Å². The van der Waals surface area contributed by atoms with Crippen LogP contribution in [0.25, 0.3) is 0 Å². The summed E-state index contributed by atoms with van der Waals surface area (Å²) in [5, 5.41) is 2.75. The highest BCUT2D eigenvalue weighted by Crippen LogP contribution is 2.20. The lowest BCUT2D eigenvalue weighted by molar-refractivity contribution is -0.168. The van der Waals surface area contributed by atoms with Gasteiger partial charge in [-0.1, -0.05) is 58.8 Å². The van der Waals surface area contributed by atoms with Crippen LogP contribution in [-0.4, -0.2) is 42.9 Å². The number of amides is 1. The fourth-order valence-corrected chi connectivity index (χ4v) is 3.66. The lowest BCUT2D eigenvalue weighted by atomic mass is 9.90.